The van der Waals surface area contributed by atoms with E-state index in [0.717, 1.165) is 0 Å². The highest BCUT2D eigenvalue weighted by Gasteiger charge is 2.43. The number of rotatable bonds is 2. The van der Waals surface area contributed by atoms with E-state index in [1.807, 2.05) is 0 Å². The molecule has 13 heavy (non-hydrogen) atoms. The van der Waals surface area contributed by atoms with Crippen LogP contribution in [0.1, 0.15) is 0 Å². The number of aliphatic hydroxyl groups is 4. The van der Waals surface area contributed by atoms with Gasteiger partial charge in [0.1, 0.15) is 24.4 Å². The van der Waals surface area contributed by atoms with Gasteiger partial charge in [-0.2, -0.15) is 0 Å². The first kappa shape index (κ1) is 10.8. The molecule has 0 bridgehead atoms. The van der Waals surface area contributed by atoms with Gasteiger partial charge in [0.25, 0.3) is 0 Å². The molecule has 0 aromatic carbocycles. The summed E-state index contributed by atoms with van der Waals surface area (Å²) in [6.07, 6.45) is -5.91. The van der Waals surface area contributed by atoms with E-state index >= 15 is 0 Å². The molecule has 0 aromatic heterocycles. The zero-order chi connectivity index (χ0) is 10.0. The van der Waals surface area contributed by atoms with E-state index in [-0.39, 0.29) is 0 Å². The van der Waals surface area contributed by atoms with E-state index in [2.05, 4.69) is 0 Å². The Bertz CT molecular complexity index is 143. The number of aliphatic hydroxyl groups excluding tert-OH is 4. The summed E-state index contributed by atoms with van der Waals surface area (Å²) in [4.78, 5) is 0. The molecule has 1 heterocycles. The summed E-state index contributed by atoms with van der Waals surface area (Å²) in [6.45, 7) is -0.440. The second-order valence-corrected chi connectivity index (χ2v) is 2.93. The van der Waals surface area contributed by atoms with Gasteiger partial charge in [0.2, 0.25) is 0 Å². The number of hydrogen-bond acceptors (Lipinski definition) is 6. The lowest BCUT2D eigenvalue weighted by atomic mass is 9.99. The Morgan fingerprint density at radius 1 is 1.15 bits per heavy atom. The minimum absolute atomic E-state index is 0.440. The molecule has 1 fully saturated rings. The van der Waals surface area contributed by atoms with E-state index < -0.39 is 37.3 Å². The van der Waals surface area contributed by atoms with Crippen LogP contribution in [0.3, 0.4) is 0 Å². The maximum Gasteiger partial charge on any atom is 0.186 e. The zero-order valence-corrected chi connectivity index (χ0v) is 7.20. The van der Waals surface area contributed by atoms with Gasteiger partial charge in [-0.3, -0.25) is 0 Å². The standard InChI is InChI=1S/C7H14O6/c1-12-7-6(11)5(10)4(9)3(2-8)13-7/h3-11H,2H2,1H3/t3?,4-,5?,6-,7+/m0/s1. The third-order valence-electron chi connectivity index (χ3n) is 2.08. The van der Waals surface area contributed by atoms with Gasteiger partial charge in [-0.05, 0) is 0 Å². The minimum Gasteiger partial charge on any atom is -0.394 e. The van der Waals surface area contributed by atoms with Crippen LogP contribution >= 0.6 is 0 Å². The van der Waals surface area contributed by atoms with E-state index in [1.54, 1.807) is 0 Å². The highest BCUT2D eigenvalue weighted by Crippen LogP contribution is 2.20. The summed E-state index contributed by atoms with van der Waals surface area (Å²) in [7, 11) is 1.30. The molecule has 2 unspecified atom stereocenters. The zero-order valence-electron chi connectivity index (χ0n) is 7.20. The van der Waals surface area contributed by atoms with Crippen molar-refractivity contribution in [2.45, 2.75) is 30.7 Å². The smallest absolute Gasteiger partial charge is 0.186 e. The molecular weight excluding hydrogens is 180 g/mol. The molecule has 1 aliphatic heterocycles. The molecule has 4 N–H and O–H groups in total. The van der Waals surface area contributed by atoms with Crippen molar-refractivity contribution in [1.29, 1.82) is 0 Å². The second-order valence-electron chi connectivity index (χ2n) is 2.93. The van der Waals surface area contributed by atoms with Crippen molar-refractivity contribution < 1.29 is 29.9 Å². The monoisotopic (exact) mass is 194 g/mol. The molecule has 6 nitrogen and oxygen atoms in total. The molecule has 5 atom stereocenters. The van der Waals surface area contributed by atoms with Crippen molar-refractivity contribution in [2.24, 2.45) is 0 Å². The van der Waals surface area contributed by atoms with Gasteiger partial charge in [0.15, 0.2) is 6.29 Å². The lowest BCUT2D eigenvalue weighted by Crippen LogP contribution is -2.58. The van der Waals surface area contributed by atoms with Crippen LogP contribution in [0.2, 0.25) is 0 Å². The molecule has 0 aromatic rings. The average Bonchev–Trinajstić information content (AvgIpc) is 2.15. The van der Waals surface area contributed by atoms with Gasteiger partial charge in [0.05, 0.1) is 6.61 Å². The molecule has 0 aliphatic carbocycles. The van der Waals surface area contributed by atoms with Crippen molar-refractivity contribution in [2.75, 3.05) is 13.7 Å². The Morgan fingerprint density at radius 3 is 2.23 bits per heavy atom. The molecule has 0 spiro atoms. The number of ether oxygens (including phenoxy) is 2. The fourth-order valence-electron chi connectivity index (χ4n) is 1.26. The van der Waals surface area contributed by atoms with Crippen LogP contribution in [0.5, 0.6) is 0 Å². The highest BCUT2D eigenvalue weighted by molar-refractivity contribution is 4.88. The lowest BCUT2D eigenvalue weighted by molar-refractivity contribution is -0.294. The van der Waals surface area contributed by atoms with E-state index in [9.17, 15) is 15.3 Å². The summed E-state index contributed by atoms with van der Waals surface area (Å²) in [5, 5.41) is 36.6. The van der Waals surface area contributed by atoms with Gasteiger partial charge in [-0.1, -0.05) is 0 Å². The maximum absolute atomic E-state index is 9.28. The second kappa shape index (κ2) is 4.32. The van der Waals surface area contributed by atoms with E-state index in [0.29, 0.717) is 0 Å². The fourth-order valence-corrected chi connectivity index (χ4v) is 1.26. The molecule has 6 heteroatoms. The highest BCUT2D eigenvalue weighted by atomic mass is 16.7. The third kappa shape index (κ3) is 1.98. The molecule has 0 saturated carbocycles. The van der Waals surface area contributed by atoms with Crippen LogP contribution < -0.4 is 0 Å². The predicted octanol–water partition coefficient (Wildman–Crippen LogP) is -2.57. The summed E-state index contributed by atoms with van der Waals surface area (Å²) >= 11 is 0. The Labute approximate surface area is 75.3 Å². The SMILES string of the molecule is CO[C@@H]1OC(CO)[C@H](O)C(O)[C@@H]1O. The minimum atomic E-state index is -1.36. The predicted molar refractivity (Wildman–Crippen MR) is 40.8 cm³/mol. The quantitative estimate of drug-likeness (QED) is 0.386. The van der Waals surface area contributed by atoms with Gasteiger partial charge in [0, 0.05) is 7.11 Å². The topological polar surface area (TPSA) is 99.4 Å². The van der Waals surface area contributed by atoms with Crippen LogP contribution in [-0.4, -0.2) is 64.8 Å². The number of hydrogen-bond donors (Lipinski definition) is 4. The summed E-state index contributed by atoms with van der Waals surface area (Å²) in [6, 6.07) is 0. The van der Waals surface area contributed by atoms with Crippen LogP contribution in [-0.2, 0) is 9.47 Å². The number of methoxy groups -OCH3 is 1. The third-order valence-corrected chi connectivity index (χ3v) is 2.08. The molecule has 1 rings (SSSR count). The van der Waals surface area contributed by atoms with Crippen LogP contribution in [0.4, 0.5) is 0 Å². The molecule has 1 aliphatic rings. The normalized spacial score (nSPS) is 46.4. The first-order chi connectivity index (χ1) is 6.11. The van der Waals surface area contributed by atoms with Gasteiger partial charge in [-0.15, -0.1) is 0 Å². The lowest BCUT2D eigenvalue weighted by Gasteiger charge is -2.38. The average molecular weight is 194 g/mol. The largest absolute Gasteiger partial charge is 0.394 e. The van der Waals surface area contributed by atoms with Crippen LogP contribution in [0.15, 0.2) is 0 Å². The summed E-state index contributed by atoms with van der Waals surface area (Å²) in [5.41, 5.74) is 0. The van der Waals surface area contributed by atoms with Crippen molar-refractivity contribution in [1.82, 2.24) is 0 Å². The van der Waals surface area contributed by atoms with E-state index in [1.165, 1.54) is 7.11 Å². The molecule has 0 radical (unpaired) electrons. The summed E-state index contributed by atoms with van der Waals surface area (Å²) < 4.78 is 9.65. The Hall–Kier alpha value is -0.240. The van der Waals surface area contributed by atoms with E-state index in [4.69, 9.17) is 14.6 Å². The van der Waals surface area contributed by atoms with Crippen molar-refractivity contribution in [3.63, 3.8) is 0 Å². The molecule has 1 saturated heterocycles. The molecule has 78 valence electrons. The Balaban J connectivity index is 2.66. The van der Waals surface area contributed by atoms with Gasteiger partial charge in [-0.25, -0.2) is 0 Å². The van der Waals surface area contributed by atoms with Crippen molar-refractivity contribution in [3.05, 3.63) is 0 Å². The molecule has 0 amide bonds. The van der Waals surface area contributed by atoms with Crippen molar-refractivity contribution in [3.8, 4) is 0 Å². The van der Waals surface area contributed by atoms with Crippen molar-refractivity contribution >= 4 is 0 Å². The van der Waals surface area contributed by atoms with Gasteiger partial charge < -0.3 is 29.9 Å². The summed E-state index contributed by atoms with van der Waals surface area (Å²) in [5.74, 6) is 0. The van der Waals surface area contributed by atoms with Gasteiger partial charge >= 0.3 is 0 Å². The fraction of sp³-hybridized carbons (Fsp3) is 1.00. The Kier molecular flexibility index (Phi) is 3.60. The molecular formula is C7H14O6. The van der Waals surface area contributed by atoms with Crippen LogP contribution in [0.25, 0.3) is 0 Å². The Morgan fingerprint density at radius 2 is 1.77 bits per heavy atom. The first-order valence-corrected chi connectivity index (χ1v) is 3.95. The maximum atomic E-state index is 9.28. The van der Waals surface area contributed by atoms with Crippen LogP contribution in [0, 0.1) is 0 Å². The first-order valence-electron chi connectivity index (χ1n) is 3.95.